The Bertz CT molecular complexity index is 276. The molecule has 1 nitrogen and oxygen atoms in total. The van der Waals surface area contributed by atoms with Gasteiger partial charge in [0.15, 0.2) is 0 Å². The van der Waals surface area contributed by atoms with Crippen LogP contribution in [-0.4, -0.2) is 6.04 Å². The molecule has 0 aromatic carbocycles. The third-order valence-corrected chi connectivity index (χ3v) is 4.82. The smallest absolute Gasteiger partial charge is 0.0317 e. The molecule has 3 heteroatoms. The van der Waals surface area contributed by atoms with Crippen LogP contribution in [0.4, 0.5) is 0 Å². The molecule has 0 unspecified atom stereocenters. The van der Waals surface area contributed by atoms with E-state index in [0.717, 1.165) is 5.92 Å². The van der Waals surface area contributed by atoms with E-state index in [0.29, 0.717) is 6.04 Å². The van der Waals surface area contributed by atoms with E-state index in [9.17, 15) is 0 Å². The van der Waals surface area contributed by atoms with E-state index in [-0.39, 0.29) is 0 Å². The van der Waals surface area contributed by atoms with E-state index in [1.54, 1.807) is 0 Å². The Morgan fingerprint density at radius 2 is 2.00 bits per heavy atom. The van der Waals surface area contributed by atoms with Gasteiger partial charge in [-0.15, -0.1) is 11.3 Å². The quantitative estimate of drug-likeness (QED) is 0.821. The van der Waals surface area contributed by atoms with Gasteiger partial charge in [-0.1, -0.05) is 0 Å². The topological polar surface area (TPSA) is 26.0 Å². The summed E-state index contributed by atoms with van der Waals surface area (Å²) >= 11 is 5.47. The van der Waals surface area contributed by atoms with Gasteiger partial charge in [0.1, 0.15) is 0 Å². The van der Waals surface area contributed by atoms with Crippen LogP contribution < -0.4 is 5.73 Å². The Kier molecular flexibility index (Phi) is 3.06. The van der Waals surface area contributed by atoms with Gasteiger partial charge in [0.25, 0.3) is 0 Å². The highest BCUT2D eigenvalue weighted by atomic mass is 79.9. The molecule has 1 aliphatic carbocycles. The highest BCUT2D eigenvalue weighted by molar-refractivity contribution is 9.10. The molecule has 1 fully saturated rings. The van der Waals surface area contributed by atoms with Gasteiger partial charge in [0.05, 0.1) is 0 Å². The van der Waals surface area contributed by atoms with E-state index in [1.165, 1.54) is 35.0 Å². The standard InChI is InChI=1S/C10H14BrNS/c11-9-5-6-13-10(9)7-1-3-8(12)4-2-7/h5-8H,1-4,12H2. The summed E-state index contributed by atoms with van der Waals surface area (Å²) in [4.78, 5) is 1.52. The van der Waals surface area contributed by atoms with Crippen LogP contribution in [0.3, 0.4) is 0 Å². The molecule has 13 heavy (non-hydrogen) atoms. The lowest BCUT2D eigenvalue weighted by Gasteiger charge is -2.25. The Hall–Kier alpha value is 0.140. The second kappa shape index (κ2) is 4.11. The molecule has 0 aliphatic heterocycles. The third-order valence-electron chi connectivity index (χ3n) is 2.79. The van der Waals surface area contributed by atoms with Crippen LogP contribution in [0.1, 0.15) is 36.5 Å². The number of halogens is 1. The zero-order valence-electron chi connectivity index (χ0n) is 7.50. The molecule has 1 heterocycles. The van der Waals surface area contributed by atoms with Crippen molar-refractivity contribution in [3.63, 3.8) is 0 Å². The number of hydrogen-bond donors (Lipinski definition) is 1. The number of hydrogen-bond acceptors (Lipinski definition) is 2. The first-order valence-corrected chi connectivity index (χ1v) is 6.43. The predicted octanol–water partition coefficient (Wildman–Crippen LogP) is 3.50. The molecule has 0 amide bonds. The fourth-order valence-corrected chi connectivity index (χ4v) is 3.85. The minimum atomic E-state index is 0.454. The van der Waals surface area contributed by atoms with Crippen LogP contribution in [0.5, 0.6) is 0 Å². The fraction of sp³-hybridized carbons (Fsp3) is 0.600. The van der Waals surface area contributed by atoms with Crippen molar-refractivity contribution in [1.29, 1.82) is 0 Å². The largest absolute Gasteiger partial charge is 0.328 e. The SMILES string of the molecule is NC1CCC(c2sccc2Br)CC1. The lowest BCUT2D eigenvalue weighted by atomic mass is 9.85. The van der Waals surface area contributed by atoms with Crippen LogP contribution in [-0.2, 0) is 0 Å². The zero-order valence-corrected chi connectivity index (χ0v) is 9.90. The molecule has 1 saturated carbocycles. The Morgan fingerprint density at radius 3 is 2.54 bits per heavy atom. The summed E-state index contributed by atoms with van der Waals surface area (Å²) in [5, 5.41) is 2.16. The average molecular weight is 260 g/mol. The maximum absolute atomic E-state index is 5.88. The van der Waals surface area contributed by atoms with Crippen LogP contribution in [0.15, 0.2) is 15.9 Å². The second-order valence-electron chi connectivity index (χ2n) is 3.74. The lowest BCUT2D eigenvalue weighted by Crippen LogP contribution is -2.25. The van der Waals surface area contributed by atoms with Crippen molar-refractivity contribution in [3.8, 4) is 0 Å². The van der Waals surface area contributed by atoms with Crippen molar-refractivity contribution in [3.05, 3.63) is 20.8 Å². The number of rotatable bonds is 1. The Balaban J connectivity index is 2.06. The molecule has 1 aromatic heterocycles. The summed E-state index contributed by atoms with van der Waals surface area (Å²) in [6.07, 6.45) is 4.91. The van der Waals surface area contributed by atoms with Crippen molar-refractivity contribution in [2.24, 2.45) is 5.73 Å². The van der Waals surface area contributed by atoms with Gasteiger partial charge in [-0.2, -0.15) is 0 Å². The van der Waals surface area contributed by atoms with Crippen molar-refractivity contribution in [2.75, 3.05) is 0 Å². The monoisotopic (exact) mass is 259 g/mol. The summed E-state index contributed by atoms with van der Waals surface area (Å²) in [6, 6.07) is 2.60. The third kappa shape index (κ3) is 2.14. The molecule has 0 spiro atoms. The molecular weight excluding hydrogens is 246 g/mol. The predicted molar refractivity (Wildman–Crippen MR) is 61.2 cm³/mol. The van der Waals surface area contributed by atoms with E-state index in [4.69, 9.17) is 5.73 Å². The molecule has 72 valence electrons. The molecular formula is C10H14BrNS. The Morgan fingerprint density at radius 1 is 1.31 bits per heavy atom. The molecule has 0 saturated heterocycles. The first-order chi connectivity index (χ1) is 6.27. The van der Waals surface area contributed by atoms with Gasteiger partial charge in [-0.25, -0.2) is 0 Å². The van der Waals surface area contributed by atoms with E-state index >= 15 is 0 Å². The lowest BCUT2D eigenvalue weighted by molar-refractivity contribution is 0.398. The highest BCUT2D eigenvalue weighted by Crippen LogP contribution is 2.38. The number of thiophene rings is 1. The maximum atomic E-state index is 5.88. The van der Waals surface area contributed by atoms with Gasteiger partial charge in [0, 0.05) is 15.4 Å². The van der Waals surface area contributed by atoms with Gasteiger partial charge in [-0.05, 0) is 59.0 Å². The second-order valence-corrected chi connectivity index (χ2v) is 5.55. The average Bonchev–Trinajstić information content (AvgIpc) is 2.53. The minimum absolute atomic E-state index is 0.454. The van der Waals surface area contributed by atoms with E-state index in [2.05, 4.69) is 27.4 Å². The molecule has 2 N–H and O–H groups in total. The molecule has 0 bridgehead atoms. The zero-order chi connectivity index (χ0) is 9.26. The molecule has 1 aliphatic rings. The van der Waals surface area contributed by atoms with Gasteiger partial charge < -0.3 is 5.73 Å². The number of nitrogens with two attached hydrogens (primary N) is 1. The molecule has 2 rings (SSSR count). The summed E-state index contributed by atoms with van der Waals surface area (Å²) in [6.45, 7) is 0. The molecule has 1 aromatic rings. The summed E-state index contributed by atoms with van der Waals surface area (Å²) in [5.74, 6) is 0.758. The van der Waals surface area contributed by atoms with Crippen molar-refractivity contribution in [2.45, 2.75) is 37.6 Å². The normalized spacial score (nSPS) is 29.1. The van der Waals surface area contributed by atoms with Crippen LogP contribution >= 0.6 is 27.3 Å². The van der Waals surface area contributed by atoms with E-state index < -0.39 is 0 Å². The van der Waals surface area contributed by atoms with Gasteiger partial charge in [-0.3, -0.25) is 0 Å². The first-order valence-electron chi connectivity index (χ1n) is 4.76. The first kappa shape index (κ1) is 9.69. The molecule has 0 radical (unpaired) electrons. The maximum Gasteiger partial charge on any atom is 0.0317 e. The summed E-state index contributed by atoms with van der Waals surface area (Å²) < 4.78 is 1.29. The Labute approximate surface area is 91.5 Å². The van der Waals surface area contributed by atoms with Gasteiger partial charge >= 0.3 is 0 Å². The van der Waals surface area contributed by atoms with Crippen LogP contribution in [0.25, 0.3) is 0 Å². The van der Waals surface area contributed by atoms with E-state index in [1.807, 2.05) is 11.3 Å². The van der Waals surface area contributed by atoms with Crippen LogP contribution in [0.2, 0.25) is 0 Å². The summed E-state index contributed by atoms with van der Waals surface area (Å²) in [5.41, 5.74) is 5.88. The van der Waals surface area contributed by atoms with Crippen molar-refractivity contribution < 1.29 is 0 Å². The summed E-state index contributed by atoms with van der Waals surface area (Å²) in [7, 11) is 0. The molecule has 0 atom stereocenters. The fourth-order valence-electron chi connectivity index (χ4n) is 1.98. The van der Waals surface area contributed by atoms with Crippen LogP contribution in [0, 0.1) is 0 Å². The minimum Gasteiger partial charge on any atom is -0.328 e. The highest BCUT2D eigenvalue weighted by Gasteiger charge is 2.22. The van der Waals surface area contributed by atoms with Gasteiger partial charge in [0.2, 0.25) is 0 Å². The van der Waals surface area contributed by atoms with Crippen molar-refractivity contribution >= 4 is 27.3 Å². The van der Waals surface area contributed by atoms with Crippen molar-refractivity contribution in [1.82, 2.24) is 0 Å².